The third kappa shape index (κ3) is 2.52. The first-order chi connectivity index (χ1) is 6.15. The zero-order chi connectivity index (χ0) is 9.84. The summed E-state index contributed by atoms with van der Waals surface area (Å²) >= 11 is 3.27. The molecule has 0 radical (unpaired) electrons. The van der Waals surface area contributed by atoms with Crippen LogP contribution in [-0.4, -0.2) is 10.3 Å². The Morgan fingerprint density at radius 1 is 1.54 bits per heavy atom. The van der Waals surface area contributed by atoms with E-state index in [1.165, 1.54) is 0 Å². The summed E-state index contributed by atoms with van der Waals surface area (Å²) in [4.78, 5) is 10.3. The summed E-state index contributed by atoms with van der Waals surface area (Å²) in [5.41, 5.74) is 1.93. The van der Waals surface area contributed by atoms with Crippen molar-refractivity contribution in [3.63, 3.8) is 0 Å². The topological polar surface area (TPSA) is 43.1 Å². The van der Waals surface area contributed by atoms with Gasteiger partial charge in [0.1, 0.15) is 0 Å². The summed E-state index contributed by atoms with van der Waals surface area (Å²) < 4.78 is 0. The molecule has 70 valence electrons. The standard InChI is InChI=1S/C9H10BrNO2/c1-7-2-3-8(4-5-10)9(6-7)11(12)13/h2-3,6H,4-5H2,1H3. The molecule has 0 amide bonds. The number of nitrogens with zero attached hydrogens (tertiary/aromatic N) is 1. The Bertz CT molecular complexity index is 325. The van der Waals surface area contributed by atoms with Crippen LogP contribution in [0.2, 0.25) is 0 Å². The Balaban J connectivity index is 3.10. The maximum atomic E-state index is 10.6. The molecule has 0 N–H and O–H groups in total. The van der Waals surface area contributed by atoms with Crippen molar-refractivity contribution >= 4 is 21.6 Å². The first-order valence-corrected chi connectivity index (χ1v) is 5.07. The molecule has 0 bridgehead atoms. The van der Waals surface area contributed by atoms with Crippen LogP contribution in [0.15, 0.2) is 18.2 Å². The second-order valence-corrected chi connectivity index (χ2v) is 3.62. The van der Waals surface area contributed by atoms with Crippen LogP contribution in [-0.2, 0) is 6.42 Å². The molecule has 0 unspecified atom stereocenters. The lowest BCUT2D eigenvalue weighted by Gasteiger charge is -2.01. The number of aryl methyl sites for hydroxylation is 2. The van der Waals surface area contributed by atoms with Gasteiger partial charge in [0.2, 0.25) is 0 Å². The quantitative estimate of drug-likeness (QED) is 0.466. The van der Waals surface area contributed by atoms with Gasteiger partial charge in [-0.1, -0.05) is 28.1 Å². The molecule has 0 aliphatic rings. The fourth-order valence-electron chi connectivity index (χ4n) is 1.16. The van der Waals surface area contributed by atoms with Crippen LogP contribution in [0.4, 0.5) is 5.69 Å². The van der Waals surface area contributed by atoms with Crippen molar-refractivity contribution in [2.75, 3.05) is 5.33 Å². The van der Waals surface area contributed by atoms with Crippen LogP contribution >= 0.6 is 15.9 Å². The maximum absolute atomic E-state index is 10.6. The smallest absolute Gasteiger partial charge is 0.258 e. The van der Waals surface area contributed by atoms with Gasteiger partial charge in [-0.15, -0.1) is 0 Å². The highest BCUT2D eigenvalue weighted by molar-refractivity contribution is 9.09. The molecule has 13 heavy (non-hydrogen) atoms. The summed E-state index contributed by atoms with van der Waals surface area (Å²) in [6.45, 7) is 1.85. The molecule has 0 aromatic heterocycles. The molecule has 0 aliphatic heterocycles. The third-order valence-electron chi connectivity index (χ3n) is 1.80. The number of nitro groups is 1. The van der Waals surface area contributed by atoms with Gasteiger partial charge in [0.15, 0.2) is 0 Å². The van der Waals surface area contributed by atoms with Crippen molar-refractivity contribution in [1.82, 2.24) is 0 Å². The van der Waals surface area contributed by atoms with Crippen LogP contribution in [0.1, 0.15) is 11.1 Å². The van der Waals surface area contributed by atoms with Gasteiger partial charge in [-0.2, -0.15) is 0 Å². The minimum Gasteiger partial charge on any atom is -0.258 e. The molecule has 0 fully saturated rings. The fourth-order valence-corrected chi connectivity index (χ4v) is 1.58. The van der Waals surface area contributed by atoms with E-state index in [9.17, 15) is 10.1 Å². The predicted octanol–water partition coefficient (Wildman–Crippen LogP) is 2.84. The van der Waals surface area contributed by atoms with E-state index in [0.717, 1.165) is 16.5 Å². The molecule has 1 rings (SSSR count). The van der Waals surface area contributed by atoms with Gasteiger partial charge in [0.25, 0.3) is 5.69 Å². The highest BCUT2D eigenvalue weighted by atomic mass is 79.9. The zero-order valence-corrected chi connectivity index (χ0v) is 8.87. The zero-order valence-electron chi connectivity index (χ0n) is 7.29. The summed E-state index contributed by atoms with van der Waals surface area (Å²) in [7, 11) is 0. The Kier molecular flexibility index (Phi) is 3.42. The number of hydrogen-bond donors (Lipinski definition) is 0. The molecule has 1 aromatic rings. The number of hydrogen-bond acceptors (Lipinski definition) is 2. The summed E-state index contributed by atoms with van der Waals surface area (Å²) in [5.74, 6) is 0. The lowest BCUT2D eigenvalue weighted by Crippen LogP contribution is -1.96. The van der Waals surface area contributed by atoms with E-state index >= 15 is 0 Å². The minimum absolute atomic E-state index is 0.222. The Hall–Kier alpha value is -0.900. The highest BCUT2D eigenvalue weighted by Gasteiger charge is 2.12. The molecule has 4 heteroatoms. The fraction of sp³-hybridized carbons (Fsp3) is 0.333. The van der Waals surface area contributed by atoms with Gasteiger partial charge >= 0.3 is 0 Å². The van der Waals surface area contributed by atoms with Crippen molar-refractivity contribution in [3.05, 3.63) is 39.4 Å². The van der Waals surface area contributed by atoms with E-state index in [-0.39, 0.29) is 10.6 Å². The van der Waals surface area contributed by atoms with Crippen LogP contribution < -0.4 is 0 Å². The van der Waals surface area contributed by atoms with Gasteiger partial charge in [-0.3, -0.25) is 10.1 Å². The number of benzene rings is 1. The first-order valence-electron chi connectivity index (χ1n) is 3.95. The molecule has 0 saturated carbocycles. The molecule has 3 nitrogen and oxygen atoms in total. The second-order valence-electron chi connectivity index (χ2n) is 2.83. The van der Waals surface area contributed by atoms with Crippen LogP contribution in [0.25, 0.3) is 0 Å². The van der Waals surface area contributed by atoms with Gasteiger partial charge in [0.05, 0.1) is 4.92 Å². The molecule has 0 atom stereocenters. The van der Waals surface area contributed by atoms with Crippen LogP contribution in [0.5, 0.6) is 0 Å². The van der Waals surface area contributed by atoms with Gasteiger partial charge in [-0.25, -0.2) is 0 Å². The highest BCUT2D eigenvalue weighted by Crippen LogP contribution is 2.20. The molecule has 1 aromatic carbocycles. The second kappa shape index (κ2) is 4.37. The van der Waals surface area contributed by atoms with E-state index < -0.39 is 0 Å². The summed E-state index contributed by atoms with van der Waals surface area (Å²) in [6.07, 6.45) is 0.691. The molecular weight excluding hydrogens is 234 g/mol. The van der Waals surface area contributed by atoms with Gasteiger partial charge in [0, 0.05) is 17.0 Å². The van der Waals surface area contributed by atoms with Crippen molar-refractivity contribution in [1.29, 1.82) is 0 Å². The maximum Gasteiger partial charge on any atom is 0.272 e. The predicted molar refractivity (Wildman–Crippen MR) is 55.3 cm³/mol. The van der Waals surface area contributed by atoms with Crippen molar-refractivity contribution in [2.24, 2.45) is 0 Å². The molecule has 0 spiro atoms. The van der Waals surface area contributed by atoms with Gasteiger partial charge < -0.3 is 0 Å². The van der Waals surface area contributed by atoms with E-state index in [2.05, 4.69) is 15.9 Å². The summed E-state index contributed by atoms with van der Waals surface area (Å²) in [6, 6.07) is 5.32. The summed E-state index contributed by atoms with van der Waals surface area (Å²) in [5, 5.41) is 11.4. The van der Waals surface area contributed by atoms with E-state index in [1.807, 2.05) is 19.1 Å². The van der Waals surface area contributed by atoms with E-state index in [0.29, 0.717) is 6.42 Å². The number of nitro benzene ring substituents is 1. The van der Waals surface area contributed by atoms with Crippen molar-refractivity contribution < 1.29 is 4.92 Å². The van der Waals surface area contributed by atoms with E-state index in [4.69, 9.17) is 0 Å². The first kappa shape index (κ1) is 10.2. The lowest BCUT2D eigenvalue weighted by atomic mass is 10.1. The Morgan fingerprint density at radius 2 is 2.23 bits per heavy atom. The van der Waals surface area contributed by atoms with Gasteiger partial charge in [-0.05, 0) is 18.9 Å². The molecule has 0 heterocycles. The lowest BCUT2D eigenvalue weighted by molar-refractivity contribution is -0.385. The van der Waals surface area contributed by atoms with Crippen molar-refractivity contribution in [3.8, 4) is 0 Å². The third-order valence-corrected chi connectivity index (χ3v) is 2.20. The molecule has 0 aliphatic carbocycles. The minimum atomic E-state index is -0.328. The average molecular weight is 244 g/mol. The Labute approximate surface area is 85.0 Å². The average Bonchev–Trinajstić information content (AvgIpc) is 2.08. The largest absolute Gasteiger partial charge is 0.272 e. The number of alkyl halides is 1. The van der Waals surface area contributed by atoms with Crippen LogP contribution in [0.3, 0.4) is 0 Å². The molecule has 0 saturated heterocycles. The number of rotatable bonds is 3. The SMILES string of the molecule is Cc1ccc(CCBr)c([N+](=O)[O-])c1. The van der Waals surface area contributed by atoms with E-state index in [1.54, 1.807) is 6.07 Å². The monoisotopic (exact) mass is 243 g/mol. The van der Waals surface area contributed by atoms with Crippen molar-refractivity contribution in [2.45, 2.75) is 13.3 Å². The Morgan fingerprint density at radius 3 is 2.77 bits per heavy atom. The molecular formula is C9H10BrNO2. The van der Waals surface area contributed by atoms with Crippen LogP contribution in [0, 0.1) is 17.0 Å². The number of halogens is 1. The normalized spacial score (nSPS) is 10.0.